The van der Waals surface area contributed by atoms with Gasteiger partial charge in [0.1, 0.15) is 35.6 Å². The molecule has 2 unspecified atom stereocenters. The van der Waals surface area contributed by atoms with Gasteiger partial charge in [-0.25, -0.2) is 22.2 Å². The minimum atomic E-state index is -3.68. The molecule has 1 aromatic carbocycles. The number of hydrogen-bond donors (Lipinski definition) is 1. The van der Waals surface area contributed by atoms with Crippen molar-refractivity contribution >= 4 is 27.6 Å². The summed E-state index contributed by atoms with van der Waals surface area (Å²) in [4.78, 5) is 20.2. The molecule has 1 heterocycles. The molecule has 0 radical (unpaired) electrons. The van der Waals surface area contributed by atoms with E-state index >= 15 is 0 Å². The molecule has 1 N–H and O–H groups in total. The third-order valence-corrected chi connectivity index (χ3v) is 9.40. The number of unbranched alkanes of at least 4 members (excludes halogenated alkanes) is 1. The van der Waals surface area contributed by atoms with E-state index in [-0.39, 0.29) is 29.7 Å². The van der Waals surface area contributed by atoms with Crippen molar-refractivity contribution in [2.24, 2.45) is 11.8 Å². The van der Waals surface area contributed by atoms with E-state index in [9.17, 15) is 22.0 Å². The van der Waals surface area contributed by atoms with Crippen LogP contribution >= 0.6 is 0 Å². The van der Waals surface area contributed by atoms with E-state index in [1.807, 2.05) is 18.9 Å². The fourth-order valence-electron chi connectivity index (χ4n) is 4.34. The van der Waals surface area contributed by atoms with Crippen molar-refractivity contribution in [2.75, 3.05) is 36.5 Å². The molecule has 1 amide bonds. The average Bonchev–Trinajstić information content (AvgIpc) is 3.72. The van der Waals surface area contributed by atoms with Crippen LogP contribution in [0.5, 0.6) is 5.75 Å². The van der Waals surface area contributed by atoms with Crippen molar-refractivity contribution < 1.29 is 26.7 Å². The van der Waals surface area contributed by atoms with E-state index in [0.29, 0.717) is 11.7 Å². The number of rotatable bonds is 15. The maximum Gasteiger partial charge on any atom is 0.251 e. The largest absolute Gasteiger partial charge is 0.491 e. The lowest BCUT2D eigenvalue weighted by Gasteiger charge is -2.27. The normalized spacial score (nSPS) is 15.0. The molecular formula is C29H42F2N4O4S. The molecule has 1 saturated carbocycles. The smallest absolute Gasteiger partial charge is 0.251 e. The molecule has 2 aromatic rings. The molecule has 0 bridgehead atoms. The van der Waals surface area contributed by atoms with Gasteiger partial charge in [0.15, 0.2) is 0 Å². The fraction of sp³-hybridized carbons (Fsp3) is 0.586. The zero-order valence-corrected chi connectivity index (χ0v) is 25.1. The van der Waals surface area contributed by atoms with Gasteiger partial charge in [-0.15, -0.1) is 0 Å². The number of anilines is 2. The van der Waals surface area contributed by atoms with Gasteiger partial charge in [-0.05, 0) is 57.1 Å². The first kappa shape index (κ1) is 31.6. The topological polar surface area (TPSA) is 91.8 Å². The van der Waals surface area contributed by atoms with Crippen molar-refractivity contribution in [3.63, 3.8) is 0 Å². The summed E-state index contributed by atoms with van der Waals surface area (Å²) in [5.41, 5.74) is 0.262. The predicted octanol–water partition coefficient (Wildman–Crippen LogP) is 5.38. The van der Waals surface area contributed by atoms with E-state index in [0.717, 1.165) is 61.2 Å². The minimum absolute atomic E-state index is 0.00427. The standard InChI is InChI=1S/C29H42F2N4O4S/c1-7-8-9-20(4)26(18-39-25-15-23(30)14-24(31)16-25)32-29(36)22-12-27(34(5)17-21-10-11-21)33-28(13-22)35(6)40(37,38)19(2)3/h12-16,19-21,26H,7-11,17-18H2,1-6H3,(H,32,36). The Balaban J connectivity index is 1.90. The lowest BCUT2D eigenvalue weighted by atomic mass is 9.96. The number of nitrogens with zero attached hydrogens (tertiary/aromatic N) is 3. The lowest BCUT2D eigenvalue weighted by Crippen LogP contribution is -2.43. The highest BCUT2D eigenvalue weighted by Gasteiger charge is 2.28. The van der Waals surface area contributed by atoms with Crippen LogP contribution in [0.3, 0.4) is 0 Å². The number of hydrogen-bond acceptors (Lipinski definition) is 6. The maximum atomic E-state index is 13.7. The number of nitrogens with one attached hydrogen (secondary N) is 1. The van der Waals surface area contributed by atoms with Crippen LogP contribution in [0.25, 0.3) is 0 Å². The summed E-state index contributed by atoms with van der Waals surface area (Å²) in [5, 5.41) is 2.35. The second kappa shape index (κ2) is 13.6. The van der Waals surface area contributed by atoms with Gasteiger partial charge in [-0.2, -0.15) is 0 Å². The summed E-state index contributed by atoms with van der Waals surface area (Å²) < 4.78 is 60.0. The van der Waals surface area contributed by atoms with E-state index < -0.39 is 38.9 Å². The van der Waals surface area contributed by atoms with Gasteiger partial charge in [0.25, 0.3) is 5.91 Å². The van der Waals surface area contributed by atoms with E-state index in [2.05, 4.69) is 17.2 Å². The van der Waals surface area contributed by atoms with Crippen molar-refractivity contribution in [1.29, 1.82) is 0 Å². The molecule has 1 fully saturated rings. The molecule has 0 saturated heterocycles. The molecule has 2 atom stereocenters. The molecule has 1 aliphatic carbocycles. The first-order valence-electron chi connectivity index (χ1n) is 13.9. The summed E-state index contributed by atoms with van der Waals surface area (Å²) in [5.74, 6) is -0.659. The zero-order valence-electron chi connectivity index (χ0n) is 24.3. The van der Waals surface area contributed by atoms with Gasteiger partial charge < -0.3 is 15.0 Å². The van der Waals surface area contributed by atoms with Crippen molar-refractivity contribution in [2.45, 2.75) is 71.1 Å². The molecule has 8 nitrogen and oxygen atoms in total. The maximum absolute atomic E-state index is 13.7. The summed E-state index contributed by atoms with van der Waals surface area (Å²) in [6.07, 6.45) is 4.99. The lowest BCUT2D eigenvalue weighted by molar-refractivity contribution is 0.0897. The summed E-state index contributed by atoms with van der Waals surface area (Å²) >= 11 is 0. The number of sulfonamides is 1. The van der Waals surface area contributed by atoms with Crippen molar-refractivity contribution in [3.05, 3.63) is 47.5 Å². The second-order valence-corrected chi connectivity index (χ2v) is 13.6. The van der Waals surface area contributed by atoms with Crippen molar-refractivity contribution in [1.82, 2.24) is 10.3 Å². The molecule has 3 rings (SSSR count). The molecule has 1 aliphatic rings. The number of pyridine rings is 1. The Morgan fingerprint density at radius 3 is 2.27 bits per heavy atom. The second-order valence-electron chi connectivity index (χ2n) is 11.1. The van der Waals surface area contributed by atoms with E-state index in [4.69, 9.17) is 4.74 Å². The quantitative estimate of drug-likeness (QED) is 0.304. The van der Waals surface area contributed by atoms with Gasteiger partial charge in [0.05, 0.1) is 11.3 Å². The minimum Gasteiger partial charge on any atom is -0.491 e. The van der Waals surface area contributed by atoms with Crippen LogP contribution in [0, 0.1) is 23.5 Å². The number of ether oxygens (including phenoxy) is 1. The highest BCUT2D eigenvalue weighted by molar-refractivity contribution is 7.93. The Labute approximate surface area is 237 Å². The number of aromatic nitrogens is 1. The Hall–Kier alpha value is -2.95. The van der Waals surface area contributed by atoms with Gasteiger partial charge in [0, 0.05) is 44.4 Å². The molecule has 1 aromatic heterocycles. The van der Waals surface area contributed by atoms with Crippen LogP contribution in [0.15, 0.2) is 30.3 Å². The first-order valence-corrected chi connectivity index (χ1v) is 15.4. The summed E-state index contributed by atoms with van der Waals surface area (Å²) in [6.45, 7) is 8.02. The first-order chi connectivity index (χ1) is 18.8. The van der Waals surface area contributed by atoms with Crippen molar-refractivity contribution in [3.8, 4) is 5.75 Å². The third kappa shape index (κ3) is 8.52. The highest BCUT2D eigenvalue weighted by atomic mass is 32.2. The fourth-order valence-corrected chi connectivity index (χ4v) is 5.33. The number of benzene rings is 1. The number of halogens is 2. The molecule has 11 heteroatoms. The number of carbonyl (C=O) groups is 1. The van der Waals surface area contributed by atoms with Crippen LogP contribution in [-0.4, -0.2) is 57.8 Å². The van der Waals surface area contributed by atoms with Crippen LogP contribution in [0.2, 0.25) is 0 Å². The highest BCUT2D eigenvalue weighted by Crippen LogP contribution is 2.31. The molecular weight excluding hydrogens is 538 g/mol. The van der Waals surface area contributed by atoms with Gasteiger partial charge in [-0.1, -0.05) is 26.7 Å². The zero-order chi connectivity index (χ0) is 29.6. The summed E-state index contributed by atoms with van der Waals surface area (Å²) in [6, 6.07) is 5.63. The Kier molecular flexibility index (Phi) is 10.7. The van der Waals surface area contributed by atoms with Crippen LogP contribution in [0.4, 0.5) is 20.4 Å². The Morgan fingerprint density at radius 1 is 1.07 bits per heavy atom. The Bertz CT molecular complexity index is 1250. The monoisotopic (exact) mass is 580 g/mol. The predicted molar refractivity (Wildman–Crippen MR) is 154 cm³/mol. The molecule has 40 heavy (non-hydrogen) atoms. The van der Waals surface area contributed by atoms with Crippen LogP contribution in [-0.2, 0) is 10.0 Å². The van der Waals surface area contributed by atoms with Crippen LogP contribution in [0.1, 0.15) is 70.2 Å². The average molecular weight is 581 g/mol. The van der Waals surface area contributed by atoms with Crippen LogP contribution < -0.4 is 19.3 Å². The van der Waals surface area contributed by atoms with Gasteiger partial charge in [0.2, 0.25) is 10.0 Å². The van der Waals surface area contributed by atoms with Gasteiger partial charge in [-0.3, -0.25) is 9.10 Å². The Morgan fingerprint density at radius 2 is 1.70 bits per heavy atom. The number of carbonyl (C=O) groups excluding carboxylic acids is 1. The SMILES string of the molecule is CCCCC(C)C(COc1cc(F)cc(F)c1)NC(=O)c1cc(N(C)CC2CC2)nc(N(C)S(=O)(=O)C(C)C)c1. The summed E-state index contributed by atoms with van der Waals surface area (Å²) in [7, 11) is -0.364. The van der Waals surface area contributed by atoms with Gasteiger partial charge >= 0.3 is 0 Å². The molecule has 0 aliphatic heterocycles. The molecule has 0 spiro atoms. The van der Waals surface area contributed by atoms with E-state index in [1.54, 1.807) is 19.9 Å². The third-order valence-electron chi connectivity index (χ3n) is 7.26. The number of amides is 1. The molecule has 222 valence electrons. The van der Waals surface area contributed by atoms with E-state index in [1.165, 1.54) is 13.1 Å².